The Balaban J connectivity index is 2.26. The summed E-state index contributed by atoms with van der Waals surface area (Å²) in [5.74, 6) is -0.387. The number of aromatic carboxylic acids is 1. The first kappa shape index (κ1) is 14.4. The van der Waals surface area contributed by atoms with Crippen LogP contribution < -0.4 is 4.74 Å². The Labute approximate surface area is 120 Å². The van der Waals surface area contributed by atoms with Crippen molar-refractivity contribution in [3.05, 3.63) is 57.3 Å². The van der Waals surface area contributed by atoms with Crippen LogP contribution in [0.4, 0.5) is 5.69 Å². The summed E-state index contributed by atoms with van der Waals surface area (Å²) in [6.07, 6.45) is 0. The van der Waals surface area contributed by atoms with Crippen molar-refractivity contribution in [2.24, 2.45) is 0 Å². The number of carboxylic acids is 1. The molecular weight excluding hydrogens is 276 g/mol. The Morgan fingerprint density at radius 2 is 2.00 bits per heavy atom. The molecule has 2 rings (SSSR count). The molecule has 0 aliphatic carbocycles. The van der Waals surface area contributed by atoms with Crippen molar-refractivity contribution in [2.45, 2.75) is 13.8 Å². The number of benzene rings is 1. The molecule has 0 unspecified atom stereocenters. The van der Waals surface area contributed by atoms with Crippen molar-refractivity contribution in [1.29, 1.82) is 0 Å². The number of hydrogen-bond acceptors (Lipinski definition) is 5. The third-order valence-electron chi connectivity index (χ3n) is 2.88. The van der Waals surface area contributed by atoms with Gasteiger partial charge in [0.25, 0.3) is 5.69 Å². The number of rotatable bonds is 4. The van der Waals surface area contributed by atoms with Gasteiger partial charge in [0.15, 0.2) is 0 Å². The molecule has 0 radical (unpaired) electrons. The molecule has 0 aliphatic heterocycles. The molecule has 0 aliphatic rings. The lowest BCUT2D eigenvalue weighted by Gasteiger charge is -2.07. The molecule has 2 aromatic rings. The number of nitro groups is 1. The first-order valence-corrected chi connectivity index (χ1v) is 6.02. The zero-order chi connectivity index (χ0) is 15.6. The van der Waals surface area contributed by atoms with Gasteiger partial charge >= 0.3 is 5.97 Å². The number of nitrogens with zero attached hydrogens (tertiary/aromatic N) is 2. The van der Waals surface area contributed by atoms with E-state index in [1.807, 2.05) is 0 Å². The number of aryl methyl sites for hydroxylation is 2. The van der Waals surface area contributed by atoms with Crippen LogP contribution in [0.1, 0.15) is 21.6 Å². The fraction of sp³-hybridized carbons (Fsp3) is 0.143. The first-order valence-electron chi connectivity index (χ1n) is 6.02. The number of aromatic nitrogens is 1. The molecule has 1 aromatic heterocycles. The number of carbonyl (C=O) groups is 1. The summed E-state index contributed by atoms with van der Waals surface area (Å²) in [7, 11) is 0. The molecule has 1 heterocycles. The molecule has 0 saturated heterocycles. The van der Waals surface area contributed by atoms with E-state index >= 15 is 0 Å². The standard InChI is InChI=1S/C14H12N2O5/c1-8-7-10(3-4-11(8)14(17)18)21-13-6-5-12(16(19)20)9(2)15-13/h3-7H,1-2H3,(H,17,18). The highest BCUT2D eigenvalue weighted by atomic mass is 16.6. The summed E-state index contributed by atoms with van der Waals surface area (Å²) in [5, 5.41) is 19.7. The molecule has 108 valence electrons. The van der Waals surface area contributed by atoms with Crippen LogP contribution in [0.5, 0.6) is 11.6 Å². The van der Waals surface area contributed by atoms with Gasteiger partial charge in [0.05, 0.1) is 10.5 Å². The Morgan fingerprint density at radius 1 is 1.29 bits per heavy atom. The molecule has 1 aromatic carbocycles. The molecule has 0 fully saturated rings. The van der Waals surface area contributed by atoms with Crippen molar-refractivity contribution in [1.82, 2.24) is 4.98 Å². The van der Waals surface area contributed by atoms with Crippen LogP contribution in [0.25, 0.3) is 0 Å². The summed E-state index contributed by atoms with van der Waals surface area (Å²) in [4.78, 5) is 25.1. The van der Waals surface area contributed by atoms with Crippen molar-refractivity contribution in [2.75, 3.05) is 0 Å². The van der Waals surface area contributed by atoms with Crippen LogP contribution in [0, 0.1) is 24.0 Å². The highest BCUT2D eigenvalue weighted by Gasteiger charge is 2.13. The lowest BCUT2D eigenvalue weighted by atomic mass is 10.1. The van der Waals surface area contributed by atoms with E-state index in [2.05, 4.69) is 4.98 Å². The first-order chi connectivity index (χ1) is 9.88. The second-order valence-electron chi connectivity index (χ2n) is 4.40. The molecule has 1 N–H and O–H groups in total. The summed E-state index contributed by atoms with van der Waals surface area (Å²) in [6.45, 7) is 3.18. The monoisotopic (exact) mass is 288 g/mol. The number of ether oxygens (including phenoxy) is 1. The van der Waals surface area contributed by atoms with E-state index in [1.54, 1.807) is 13.0 Å². The van der Waals surface area contributed by atoms with Crippen LogP contribution in [0.15, 0.2) is 30.3 Å². The van der Waals surface area contributed by atoms with Crippen LogP contribution >= 0.6 is 0 Å². The minimum absolute atomic E-state index is 0.0836. The molecule has 0 spiro atoms. The van der Waals surface area contributed by atoms with Gasteiger partial charge in [0, 0.05) is 12.1 Å². The lowest BCUT2D eigenvalue weighted by Crippen LogP contribution is -2.00. The van der Waals surface area contributed by atoms with Gasteiger partial charge in [-0.3, -0.25) is 10.1 Å². The van der Waals surface area contributed by atoms with E-state index in [9.17, 15) is 14.9 Å². The van der Waals surface area contributed by atoms with Gasteiger partial charge in [-0.25, -0.2) is 9.78 Å². The van der Waals surface area contributed by atoms with Gasteiger partial charge in [-0.15, -0.1) is 0 Å². The van der Waals surface area contributed by atoms with Gasteiger partial charge in [-0.05, 0) is 37.6 Å². The number of hydrogen-bond donors (Lipinski definition) is 1. The summed E-state index contributed by atoms with van der Waals surface area (Å²) in [5.41, 5.74) is 0.907. The van der Waals surface area contributed by atoms with Crippen molar-refractivity contribution in [3.8, 4) is 11.6 Å². The maximum atomic E-state index is 10.9. The minimum atomic E-state index is -1.01. The van der Waals surface area contributed by atoms with E-state index in [1.165, 1.54) is 31.2 Å². The van der Waals surface area contributed by atoms with Crippen LogP contribution in [0.2, 0.25) is 0 Å². The van der Waals surface area contributed by atoms with Crippen molar-refractivity contribution in [3.63, 3.8) is 0 Å². The number of pyridine rings is 1. The van der Waals surface area contributed by atoms with Gasteiger partial charge in [-0.2, -0.15) is 0 Å². The topological polar surface area (TPSA) is 103 Å². The van der Waals surface area contributed by atoms with E-state index < -0.39 is 10.9 Å². The highest BCUT2D eigenvalue weighted by Crippen LogP contribution is 2.25. The highest BCUT2D eigenvalue weighted by molar-refractivity contribution is 5.89. The second-order valence-corrected chi connectivity index (χ2v) is 4.40. The predicted octanol–water partition coefficient (Wildman–Crippen LogP) is 3.10. The normalized spacial score (nSPS) is 10.2. The lowest BCUT2D eigenvalue weighted by molar-refractivity contribution is -0.385. The molecule has 7 heteroatoms. The van der Waals surface area contributed by atoms with E-state index in [4.69, 9.17) is 9.84 Å². The van der Waals surface area contributed by atoms with Crippen molar-refractivity contribution < 1.29 is 19.6 Å². The summed E-state index contributed by atoms with van der Waals surface area (Å²) in [6, 6.07) is 7.23. The smallest absolute Gasteiger partial charge is 0.335 e. The molecule has 0 atom stereocenters. The maximum absolute atomic E-state index is 10.9. The molecule has 7 nitrogen and oxygen atoms in total. The van der Waals surface area contributed by atoms with Gasteiger partial charge in [0.2, 0.25) is 5.88 Å². The van der Waals surface area contributed by atoms with E-state index in [-0.39, 0.29) is 22.8 Å². The molecule has 21 heavy (non-hydrogen) atoms. The Hall–Kier alpha value is -2.96. The third kappa shape index (κ3) is 3.14. The van der Waals surface area contributed by atoms with Crippen LogP contribution in [-0.4, -0.2) is 21.0 Å². The second kappa shape index (κ2) is 5.58. The zero-order valence-electron chi connectivity index (χ0n) is 11.4. The number of carboxylic acid groups (broad SMARTS) is 1. The van der Waals surface area contributed by atoms with Crippen LogP contribution in [0.3, 0.4) is 0 Å². The predicted molar refractivity (Wildman–Crippen MR) is 73.8 cm³/mol. The Kier molecular flexibility index (Phi) is 3.84. The minimum Gasteiger partial charge on any atom is -0.478 e. The third-order valence-corrected chi connectivity index (χ3v) is 2.88. The summed E-state index contributed by atoms with van der Waals surface area (Å²) >= 11 is 0. The summed E-state index contributed by atoms with van der Waals surface area (Å²) < 4.78 is 5.48. The van der Waals surface area contributed by atoms with E-state index in [0.717, 1.165) is 0 Å². The van der Waals surface area contributed by atoms with E-state index in [0.29, 0.717) is 11.3 Å². The Morgan fingerprint density at radius 3 is 2.52 bits per heavy atom. The van der Waals surface area contributed by atoms with Gasteiger partial charge in [0.1, 0.15) is 11.4 Å². The fourth-order valence-electron chi connectivity index (χ4n) is 1.84. The maximum Gasteiger partial charge on any atom is 0.335 e. The average Bonchev–Trinajstić information content (AvgIpc) is 2.37. The zero-order valence-corrected chi connectivity index (χ0v) is 11.4. The molecular formula is C14H12N2O5. The van der Waals surface area contributed by atoms with Gasteiger partial charge < -0.3 is 9.84 Å². The Bertz CT molecular complexity index is 666. The fourth-order valence-corrected chi connectivity index (χ4v) is 1.84. The van der Waals surface area contributed by atoms with Crippen molar-refractivity contribution >= 4 is 11.7 Å². The molecule has 0 bridgehead atoms. The SMILES string of the molecule is Cc1cc(Oc2ccc([N+](=O)[O-])c(C)n2)ccc1C(=O)O. The average molecular weight is 288 g/mol. The van der Waals surface area contributed by atoms with Gasteiger partial charge in [-0.1, -0.05) is 0 Å². The molecule has 0 saturated carbocycles. The van der Waals surface area contributed by atoms with Crippen LogP contribution in [-0.2, 0) is 0 Å². The quantitative estimate of drug-likeness (QED) is 0.685. The largest absolute Gasteiger partial charge is 0.478 e. The molecule has 0 amide bonds.